The first-order chi connectivity index (χ1) is 8.66. The van der Waals surface area contributed by atoms with Crippen LogP contribution in [0.1, 0.15) is 51.1 Å². The number of aliphatic hydroxyl groups excluding tert-OH is 1. The maximum absolute atomic E-state index is 9.92. The van der Waals surface area contributed by atoms with Gasteiger partial charge < -0.3 is 10.4 Å². The van der Waals surface area contributed by atoms with E-state index in [0.29, 0.717) is 11.8 Å². The first kappa shape index (κ1) is 13.3. The first-order valence-corrected chi connectivity index (χ1v) is 6.90. The fourth-order valence-corrected chi connectivity index (χ4v) is 2.45. The van der Waals surface area contributed by atoms with Crippen molar-refractivity contribution in [3.63, 3.8) is 0 Å². The minimum atomic E-state index is -0.155. The number of aliphatic hydroxyl groups is 1. The summed E-state index contributed by atoms with van der Waals surface area (Å²) in [5.41, 5.74) is 1.05. The van der Waals surface area contributed by atoms with Gasteiger partial charge in [-0.3, -0.25) is 0 Å². The van der Waals surface area contributed by atoms with Gasteiger partial charge in [-0.1, -0.05) is 26.7 Å². The molecule has 1 saturated carbocycles. The molecule has 100 valence electrons. The largest absolute Gasteiger partial charge is 0.393 e. The third kappa shape index (κ3) is 3.42. The Morgan fingerprint density at radius 3 is 2.83 bits per heavy atom. The van der Waals surface area contributed by atoms with Crippen molar-refractivity contribution < 1.29 is 5.11 Å². The molecule has 1 aromatic rings. The van der Waals surface area contributed by atoms with Gasteiger partial charge in [0.2, 0.25) is 0 Å². The van der Waals surface area contributed by atoms with Crippen LogP contribution in [-0.2, 0) is 0 Å². The molecule has 2 N–H and O–H groups in total. The molecule has 0 aliphatic heterocycles. The molecular weight excluding hydrogens is 226 g/mol. The van der Waals surface area contributed by atoms with Crippen molar-refractivity contribution in [3.05, 3.63) is 18.1 Å². The second-order valence-electron chi connectivity index (χ2n) is 5.48. The van der Waals surface area contributed by atoms with E-state index in [9.17, 15) is 5.11 Å². The van der Waals surface area contributed by atoms with Gasteiger partial charge in [0.1, 0.15) is 12.1 Å². The third-order valence-corrected chi connectivity index (χ3v) is 3.69. The predicted molar refractivity (Wildman–Crippen MR) is 72.6 cm³/mol. The van der Waals surface area contributed by atoms with Gasteiger partial charge >= 0.3 is 0 Å². The Bertz CT molecular complexity index is 381. The molecule has 0 spiro atoms. The van der Waals surface area contributed by atoms with Crippen LogP contribution < -0.4 is 5.32 Å². The minimum absolute atomic E-state index is 0.155. The standard InChI is InChI=1S/C14H23N3O/c1-10(2)12-7-14(17-9-16-12)15-8-11-5-3-4-6-13(11)18/h7,9-11,13,18H,3-6,8H2,1-2H3,(H,15,16,17). The second-order valence-corrected chi connectivity index (χ2v) is 5.48. The van der Waals surface area contributed by atoms with Crippen molar-refractivity contribution in [3.8, 4) is 0 Å². The lowest BCUT2D eigenvalue weighted by Crippen LogP contribution is -2.30. The molecule has 1 fully saturated rings. The van der Waals surface area contributed by atoms with Crippen LogP contribution in [-0.4, -0.2) is 27.7 Å². The highest BCUT2D eigenvalue weighted by molar-refractivity contribution is 5.35. The number of nitrogens with zero attached hydrogens (tertiary/aromatic N) is 2. The van der Waals surface area contributed by atoms with Gasteiger partial charge in [-0.05, 0) is 18.8 Å². The SMILES string of the molecule is CC(C)c1cc(NCC2CCCCC2O)ncn1. The maximum Gasteiger partial charge on any atom is 0.129 e. The van der Waals surface area contributed by atoms with Crippen LogP contribution in [0.15, 0.2) is 12.4 Å². The number of rotatable bonds is 4. The second kappa shape index (κ2) is 6.14. The van der Waals surface area contributed by atoms with Crippen LogP contribution in [0.4, 0.5) is 5.82 Å². The summed E-state index contributed by atoms with van der Waals surface area (Å²) < 4.78 is 0. The molecule has 2 atom stereocenters. The van der Waals surface area contributed by atoms with Crippen molar-refractivity contribution in [1.29, 1.82) is 0 Å². The summed E-state index contributed by atoms with van der Waals surface area (Å²) in [6, 6.07) is 2.00. The van der Waals surface area contributed by atoms with Gasteiger partial charge in [0, 0.05) is 24.2 Å². The zero-order valence-corrected chi connectivity index (χ0v) is 11.3. The molecule has 0 aromatic carbocycles. The summed E-state index contributed by atoms with van der Waals surface area (Å²) >= 11 is 0. The summed E-state index contributed by atoms with van der Waals surface area (Å²) in [5.74, 6) is 1.64. The van der Waals surface area contributed by atoms with Gasteiger partial charge in [0.15, 0.2) is 0 Å². The molecule has 0 saturated heterocycles. The molecule has 18 heavy (non-hydrogen) atoms. The molecule has 1 aliphatic rings. The number of aromatic nitrogens is 2. The molecule has 2 rings (SSSR count). The van der Waals surface area contributed by atoms with E-state index in [4.69, 9.17) is 0 Å². The Morgan fingerprint density at radius 2 is 2.11 bits per heavy atom. The lowest BCUT2D eigenvalue weighted by molar-refractivity contribution is 0.0763. The van der Waals surface area contributed by atoms with E-state index in [0.717, 1.165) is 37.3 Å². The predicted octanol–water partition coefficient (Wildman–Crippen LogP) is 2.56. The molecule has 1 aliphatic carbocycles. The highest BCUT2D eigenvalue weighted by Gasteiger charge is 2.22. The van der Waals surface area contributed by atoms with E-state index in [-0.39, 0.29) is 6.10 Å². The van der Waals surface area contributed by atoms with Gasteiger partial charge in [0.05, 0.1) is 6.10 Å². The van der Waals surface area contributed by atoms with E-state index >= 15 is 0 Å². The molecule has 0 radical (unpaired) electrons. The lowest BCUT2D eigenvalue weighted by atomic mass is 9.86. The minimum Gasteiger partial charge on any atom is -0.393 e. The van der Waals surface area contributed by atoms with Crippen LogP contribution in [0, 0.1) is 5.92 Å². The van der Waals surface area contributed by atoms with Crippen LogP contribution in [0.2, 0.25) is 0 Å². The lowest BCUT2D eigenvalue weighted by Gasteiger charge is -2.27. The number of anilines is 1. The van der Waals surface area contributed by atoms with Gasteiger partial charge in [-0.25, -0.2) is 9.97 Å². The Balaban J connectivity index is 1.91. The molecule has 2 unspecified atom stereocenters. The van der Waals surface area contributed by atoms with Crippen LogP contribution in [0.25, 0.3) is 0 Å². The van der Waals surface area contributed by atoms with E-state index in [1.54, 1.807) is 6.33 Å². The molecule has 4 heteroatoms. The third-order valence-electron chi connectivity index (χ3n) is 3.69. The zero-order chi connectivity index (χ0) is 13.0. The van der Waals surface area contributed by atoms with E-state index < -0.39 is 0 Å². The Hall–Kier alpha value is -1.16. The highest BCUT2D eigenvalue weighted by atomic mass is 16.3. The zero-order valence-electron chi connectivity index (χ0n) is 11.3. The van der Waals surface area contributed by atoms with Gasteiger partial charge in [0.25, 0.3) is 0 Å². The normalized spacial score (nSPS) is 24.2. The summed E-state index contributed by atoms with van der Waals surface area (Å²) in [7, 11) is 0. The van der Waals surface area contributed by atoms with E-state index in [1.807, 2.05) is 6.07 Å². The molecule has 1 heterocycles. The van der Waals surface area contributed by atoms with Crippen molar-refractivity contribution in [2.45, 2.75) is 51.6 Å². The summed E-state index contributed by atoms with van der Waals surface area (Å²) in [6.07, 6.45) is 5.88. The topological polar surface area (TPSA) is 58.0 Å². The molecule has 0 bridgehead atoms. The monoisotopic (exact) mass is 249 g/mol. The molecule has 4 nitrogen and oxygen atoms in total. The van der Waals surface area contributed by atoms with Crippen LogP contribution in [0.5, 0.6) is 0 Å². The Labute approximate surface area is 109 Å². The molecule has 1 aromatic heterocycles. The van der Waals surface area contributed by atoms with Crippen LogP contribution >= 0.6 is 0 Å². The summed E-state index contributed by atoms with van der Waals surface area (Å²) in [6.45, 7) is 5.05. The fraction of sp³-hybridized carbons (Fsp3) is 0.714. The van der Waals surface area contributed by atoms with E-state index in [2.05, 4.69) is 29.1 Å². The summed E-state index contributed by atoms with van der Waals surface area (Å²) in [5, 5.41) is 13.2. The number of hydrogen-bond donors (Lipinski definition) is 2. The fourth-order valence-electron chi connectivity index (χ4n) is 2.45. The quantitative estimate of drug-likeness (QED) is 0.861. The van der Waals surface area contributed by atoms with E-state index in [1.165, 1.54) is 6.42 Å². The smallest absolute Gasteiger partial charge is 0.129 e. The van der Waals surface area contributed by atoms with Crippen LogP contribution in [0.3, 0.4) is 0 Å². The highest BCUT2D eigenvalue weighted by Crippen LogP contribution is 2.24. The average Bonchev–Trinajstić information content (AvgIpc) is 2.38. The number of nitrogens with one attached hydrogen (secondary N) is 1. The summed E-state index contributed by atoms with van der Waals surface area (Å²) in [4.78, 5) is 8.48. The van der Waals surface area contributed by atoms with Crippen molar-refractivity contribution >= 4 is 5.82 Å². The van der Waals surface area contributed by atoms with Crippen molar-refractivity contribution in [1.82, 2.24) is 9.97 Å². The Kier molecular flexibility index (Phi) is 4.53. The van der Waals surface area contributed by atoms with Crippen molar-refractivity contribution in [2.75, 3.05) is 11.9 Å². The maximum atomic E-state index is 9.92. The van der Waals surface area contributed by atoms with Crippen molar-refractivity contribution in [2.24, 2.45) is 5.92 Å². The Morgan fingerprint density at radius 1 is 1.33 bits per heavy atom. The van der Waals surface area contributed by atoms with Gasteiger partial charge in [-0.15, -0.1) is 0 Å². The molecular formula is C14H23N3O. The first-order valence-electron chi connectivity index (χ1n) is 6.90. The molecule has 0 amide bonds. The van der Waals surface area contributed by atoms with Gasteiger partial charge in [-0.2, -0.15) is 0 Å². The number of hydrogen-bond acceptors (Lipinski definition) is 4. The average molecular weight is 249 g/mol.